The highest BCUT2D eigenvalue weighted by Gasteiger charge is 2.62. The number of carbonyl (C=O) groups excluding carboxylic acids is 3. The van der Waals surface area contributed by atoms with Gasteiger partial charge < -0.3 is 24.8 Å². The van der Waals surface area contributed by atoms with Gasteiger partial charge in [-0.2, -0.15) is 0 Å². The highest BCUT2D eigenvalue weighted by Crippen LogP contribution is 2.47. The van der Waals surface area contributed by atoms with Gasteiger partial charge in [0, 0.05) is 30.0 Å². The Morgan fingerprint density at radius 2 is 1.84 bits per heavy atom. The largest absolute Gasteiger partial charge is 0.495 e. The lowest BCUT2D eigenvalue weighted by Crippen LogP contribution is -2.57. The van der Waals surface area contributed by atoms with Crippen LogP contribution in [-0.2, 0) is 29.2 Å². The van der Waals surface area contributed by atoms with E-state index in [0.717, 1.165) is 12.8 Å². The van der Waals surface area contributed by atoms with Crippen LogP contribution < -0.4 is 19.5 Å². The zero-order chi connectivity index (χ0) is 41.6. The van der Waals surface area contributed by atoms with E-state index in [-0.39, 0.29) is 24.4 Å². The number of carboxylic acid groups (broad SMARTS) is 1. The van der Waals surface area contributed by atoms with Crippen LogP contribution in [0.1, 0.15) is 78.6 Å². The summed E-state index contributed by atoms with van der Waals surface area (Å²) in [5, 5.41) is 13.6. The summed E-state index contributed by atoms with van der Waals surface area (Å²) in [6.45, 7) is 5.30. The molecule has 4 heterocycles. The summed E-state index contributed by atoms with van der Waals surface area (Å²) in [4.78, 5) is 67.0. The SMILES string of the molecule is COc1ccc2c(O[C@@H]3C[C@H]4C(=O)N[C@]5(C(=O)NS(=O)(=O)C6CC6)CC5C=CCCCCC[C@H](C(C(=O)O)C(C)(C)C)C(=O)N4C3)cc(-c3ccccn3)nc2c1Cl. The second-order valence-corrected chi connectivity index (χ2v) is 19.3. The molecular weight excluding hydrogens is 786 g/mol. The third kappa shape index (κ3) is 8.38. The number of allylic oxidation sites excluding steroid dienone is 1. The average Bonchev–Trinajstić information content (AvgIpc) is 4.10. The number of carboxylic acids is 1. The molecule has 0 spiro atoms. The zero-order valence-corrected chi connectivity index (χ0v) is 34.6. The van der Waals surface area contributed by atoms with Crippen molar-refractivity contribution in [3.63, 3.8) is 0 Å². The van der Waals surface area contributed by atoms with Crippen LogP contribution in [0.25, 0.3) is 22.3 Å². The number of halogens is 1. The van der Waals surface area contributed by atoms with Crippen molar-refractivity contribution in [2.45, 2.75) is 101 Å². The number of carbonyl (C=O) groups is 4. The number of sulfonamides is 1. The summed E-state index contributed by atoms with van der Waals surface area (Å²) in [6, 6.07) is 9.37. The molecule has 3 fully saturated rings. The van der Waals surface area contributed by atoms with Crippen molar-refractivity contribution in [3.05, 3.63) is 59.8 Å². The number of nitrogens with zero attached hydrogens (tertiary/aromatic N) is 3. The number of nitrogens with one attached hydrogen (secondary N) is 2. The predicted molar refractivity (Wildman–Crippen MR) is 216 cm³/mol. The van der Waals surface area contributed by atoms with Crippen LogP contribution in [0.5, 0.6) is 11.5 Å². The molecule has 2 unspecified atom stereocenters. The Bertz CT molecular complexity index is 2240. The summed E-state index contributed by atoms with van der Waals surface area (Å²) in [5.41, 5.74) is -0.966. The molecule has 2 saturated carbocycles. The van der Waals surface area contributed by atoms with Crippen LogP contribution in [-0.4, -0.2) is 88.7 Å². The minimum Gasteiger partial charge on any atom is -0.495 e. The fourth-order valence-corrected chi connectivity index (χ4v) is 10.1. The van der Waals surface area contributed by atoms with E-state index < -0.39 is 79.8 Å². The quantitative estimate of drug-likeness (QED) is 0.225. The maximum Gasteiger partial charge on any atom is 0.307 e. The molecule has 6 atom stereocenters. The highest BCUT2D eigenvalue weighted by atomic mass is 35.5. The molecule has 1 aromatic carbocycles. The van der Waals surface area contributed by atoms with Gasteiger partial charge in [0.15, 0.2) is 0 Å². The van der Waals surface area contributed by atoms with E-state index >= 15 is 0 Å². The molecule has 2 aliphatic carbocycles. The van der Waals surface area contributed by atoms with Gasteiger partial charge in [0.2, 0.25) is 21.8 Å². The molecule has 14 nitrogen and oxygen atoms in total. The first-order valence-electron chi connectivity index (χ1n) is 19.9. The summed E-state index contributed by atoms with van der Waals surface area (Å²) < 4.78 is 40.3. The second kappa shape index (κ2) is 16.1. The van der Waals surface area contributed by atoms with E-state index in [2.05, 4.69) is 15.0 Å². The summed E-state index contributed by atoms with van der Waals surface area (Å²) in [7, 11) is -2.43. The number of aromatic nitrogens is 2. The molecule has 310 valence electrons. The molecule has 58 heavy (non-hydrogen) atoms. The van der Waals surface area contributed by atoms with E-state index in [0.29, 0.717) is 65.9 Å². The number of hydrogen-bond donors (Lipinski definition) is 3. The standard InChI is InChI=1S/C42H50ClN5O9S/c1-41(2,3)34(39(51)52)28-13-9-7-5-6-8-12-24-22-42(24,40(53)47-58(54,55)26-15-16-26)46-37(49)31-20-25(23-48(31)38(28)50)57-33-21-30(29-14-10-11-19-44-29)45-36-27(33)17-18-32(56-4)35(36)43/h8,10-12,14,17-19,21,24-26,28,31,34H,5-7,9,13,15-16,20,22-23H2,1-4H3,(H,46,49)(H,47,53)(H,51,52)/t24?,25-,28-,31+,34?,42-/m1/s1. The number of pyridine rings is 2. The van der Waals surface area contributed by atoms with E-state index in [9.17, 15) is 32.7 Å². The summed E-state index contributed by atoms with van der Waals surface area (Å²) in [5.74, 6) is -4.82. The Hall–Kier alpha value is -4.76. The molecule has 0 bridgehead atoms. The van der Waals surface area contributed by atoms with Gasteiger partial charge in [-0.15, -0.1) is 0 Å². The van der Waals surface area contributed by atoms with E-state index in [1.807, 2.05) is 18.2 Å². The van der Waals surface area contributed by atoms with Crippen molar-refractivity contribution in [2.75, 3.05) is 13.7 Å². The van der Waals surface area contributed by atoms with Crippen LogP contribution in [0.15, 0.2) is 54.7 Å². The molecule has 16 heteroatoms. The number of methoxy groups -OCH3 is 1. The molecule has 3 N–H and O–H groups in total. The fourth-order valence-electron chi connectivity index (χ4n) is 8.49. The minimum absolute atomic E-state index is 0.0112. The smallest absolute Gasteiger partial charge is 0.307 e. The Balaban J connectivity index is 1.28. The monoisotopic (exact) mass is 835 g/mol. The van der Waals surface area contributed by atoms with Gasteiger partial charge in [0.25, 0.3) is 5.91 Å². The topological polar surface area (TPSA) is 194 Å². The first kappa shape index (κ1) is 41.4. The molecule has 3 amide bonds. The van der Waals surface area contributed by atoms with Crippen molar-refractivity contribution >= 4 is 56.2 Å². The molecule has 0 radical (unpaired) electrons. The molecule has 2 aliphatic heterocycles. The lowest BCUT2D eigenvalue weighted by Gasteiger charge is -2.36. The highest BCUT2D eigenvalue weighted by molar-refractivity contribution is 7.91. The molecule has 1 saturated heterocycles. The Morgan fingerprint density at radius 3 is 2.52 bits per heavy atom. The predicted octanol–water partition coefficient (Wildman–Crippen LogP) is 5.67. The van der Waals surface area contributed by atoms with Crippen LogP contribution >= 0.6 is 11.6 Å². The Kier molecular flexibility index (Phi) is 11.5. The van der Waals surface area contributed by atoms with Crippen molar-refractivity contribution in [3.8, 4) is 22.9 Å². The maximum absolute atomic E-state index is 14.9. The number of amides is 3. The third-order valence-corrected chi connectivity index (χ3v) is 14.0. The molecule has 4 aliphatic rings. The molecule has 2 aromatic heterocycles. The molecule has 7 rings (SSSR count). The number of ether oxygens (including phenoxy) is 2. The second-order valence-electron chi connectivity index (χ2n) is 17.0. The van der Waals surface area contributed by atoms with Crippen molar-refractivity contribution in [2.24, 2.45) is 23.2 Å². The Labute approximate surface area is 343 Å². The van der Waals surface area contributed by atoms with E-state index in [1.165, 1.54) is 12.0 Å². The van der Waals surface area contributed by atoms with Gasteiger partial charge in [-0.25, -0.2) is 13.4 Å². The van der Waals surface area contributed by atoms with Crippen molar-refractivity contribution in [1.82, 2.24) is 24.9 Å². The van der Waals surface area contributed by atoms with Crippen LogP contribution in [0.2, 0.25) is 5.02 Å². The fraction of sp³-hybridized carbons (Fsp3) is 0.524. The number of benzene rings is 1. The van der Waals surface area contributed by atoms with Gasteiger partial charge in [-0.05, 0) is 68.2 Å². The maximum atomic E-state index is 14.9. The summed E-state index contributed by atoms with van der Waals surface area (Å²) in [6.07, 6.45) is 8.76. The normalized spacial score (nSPS) is 26.1. The first-order chi connectivity index (χ1) is 27.5. The molecular formula is C42H50ClN5O9S. The van der Waals surface area contributed by atoms with Gasteiger partial charge in [0.05, 0.1) is 47.6 Å². The van der Waals surface area contributed by atoms with Gasteiger partial charge in [0.1, 0.15) is 34.2 Å². The van der Waals surface area contributed by atoms with Crippen LogP contribution in [0.3, 0.4) is 0 Å². The van der Waals surface area contributed by atoms with Crippen molar-refractivity contribution in [1.29, 1.82) is 0 Å². The van der Waals surface area contributed by atoms with Crippen LogP contribution in [0.4, 0.5) is 0 Å². The summed E-state index contributed by atoms with van der Waals surface area (Å²) >= 11 is 6.79. The lowest BCUT2D eigenvalue weighted by atomic mass is 9.71. The lowest BCUT2D eigenvalue weighted by molar-refractivity contribution is -0.157. The van der Waals surface area contributed by atoms with Crippen LogP contribution in [0, 0.1) is 23.2 Å². The van der Waals surface area contributed by atoms with Gasteiger partial charge in [-0.3, -0.25) is 28.9 Å². The Morgan fingerprint density at radius 1 is 1.07 bits per heavy atom. The number of fused-ring (bicyclic) bond motifs is 3. The van der Waals surface area contributed by atoms with E-state index in [1.54, 1.807) is 57.3 Å². The number of rotatable bonds is 9. The molecule has 3 aromatic rings. The van der Waals surface area contributed by atoms with Crippen molar-refractivity contribution < 1.29 is 42.2 Å². The van der Waals surface area contributed by atoms with E-state index in [4.69, 9.17) is 26.1 Å². The van der Waals surface area contributed by atoms with Gasteiger partial charge >= 0.3 is 5.97 Å². The first-order valence-corrected chi connectivity index (χ1v) is 21.8. The third-order valence-electron chi connectivity index (χ3n) is 11.8. The number of aliphatic carboxylic acids is 1. The number of hydrogen-bond acceptors (Lipinski definition) is 10. The minimum atomic E-state index is -3.93. The van der Waals surface area contributed by atoms with Gasteiger partial charge in [-0.1, -0.05) is 63.4 Å². The zero-order valence-electron chi connectivity index (χ0n) is 33.1. The average molecular weight is 836 g/mol.